The van der Waals surface area contributed by atoms with Crippen LogP contribution >= 0.6 is 0 Å². The van der Waals surface area contributed by atoms with E-state index in [4.69, 9.17) is 4.98 Å². The maximum Gasteiger partial charge on any atom is 0.416 e. The molecular formula is C22H24F3N5O. The smallest absolute Gasteiger partial charge is 0.386 e. The molecule has 0 spiro atoms. The van der Waals surface area contributed by atoms with Crippen LogP contribution in [-0.4, -0.2) is 39.0 Å². The van der Waals surface area contributed by atoms with Gasteiger partial charge in [0.1, 0.15) is 0 Å². The predicted molar refractivity (Wildman–Crippen MR) is 113 cm³/mol. The van der Waals surface area contributed by atoms with Gasteiger partial charge in [-0.15, -0.1) is 5.10 Å². The van der Waals surface area contributed by atoms with E-state index in [-0.39, 0.29) is 0 Å². The van der Waals surface area contributed by atoms with Gasteiger partial charge in [-0.25, -0.2) is 4.98 Å². The Morgan fingerprint density at radius 1 is 1.13 bits per heavy atom. The lowest BCUT2D eigenvalue weighted by Gasteiger charge is -2.46. The molecule has 1 aliphatic rings. The van der Waals surface area contributed by atoms with E-state index in [1.165, 1.54) is 6.07 Å². The van der Waals surface area contributed by atoms with Crippen molar-refractivity contribution >= 4 is 22.4 Å². The SMILES string of the molecule is Cc1nc2c(C)nnc(N[C@H](C)c3cccc(C(F)(F)F)c3)c2cc1N1CC(C)(O)C1. The Kier molecular flexibility index (Phi) is 5.04. The molecule has 2 N–H and O–H groups in total. The minimum atomic E-state index is -4.40. The Morgan fingerprint density at radius 2 is 1.84 bits per heavy atom. The third kappa shape index (κ3) is 4.14. The van der Waals surface area contributed by atoms with E-state index in [1.807, 2.05) is 24.8 Å². The van der Waals surface area contributed by atoms with Crippen molar-refractivity contribution in [3.8, 4) is 0 Å². The summed E-state index contributed by atoms with van der Waals surface area (Å²) in [6.45, 7) is 8.28. The molecule has 0 unspecified atom stereocenters. The van der Waals surface area contributed by atoms with Crippen molar-refractivity contribution in [2.75, 3.05) is 23.3 Å². The second kappa shape index (κ2) is 7.33. The minimum Gasteiger partial charge on any atom is -0.386 e. The number of hydrogen-bond acceptors (Lipinski definition) is 6. The summed E-state index contributed by atoms with van der Waals surface area (Å²) >= 11 is 0. The first kappa shape index (κ1) is 21.3. The summed E-state index contributed by atoms with van der Waals surface area (Å²) in [6.07, 6.45) is -4.40. The lowest BCUT2D eigenvalue weighted by molar-refractivity contribution is -0.137. The Balaban J connectivity index is 1.70. The maximum atomic E-state index is 13.1. The summed E-state index contributed by atoms with van der Waals surface area (Å²) in [4.78, 5) is 6.74. The van der Waals surface area contributed by atoms with Crippen molar-refractivity contribution in [3.05, 3.63) is 52.8 Å². The monoisotopic (exact) mass is 431 g/mol. The Morgan fingerprint density at radius 3 is 2.48 bits per heavy atom. The van der Waals surface area contributed by atoms with Gasteiger partial charge in [-0.1, -0.05) is 12.1 Å². The molecule has 0 bridgehead atoms. The highest BCUT2D eigenvalue weighted by Crippen LogP contribution is 2.35. The van der Waals surface area contributed by atoms with Crippen LogP contribution in [0.5, 0.6) is 0 Å². The number of anilines is 2. The molecule has 1 atom stereocenters. The molecule has 1 saturated heterocycles. The first-order valence-corrected chi connectivity index (χ1v) is 10.0. The molecule has 164 valence electrons. The molecule has 9 heteroatoms. The van der Waals surface area contributed by atoms with Crippen LogP contribution in [0.3, 0.4) is 0 Å². The summed E-state index contributed by atoms with van der Waals surface area (Å²) in [7, 11) is 0. The number of aryl methyl sites for hydroxylation is 2. The zero-order chi connectivity index (χ0) is 22.6. The van der Waals surface area contributed by atoms with Gasteiger partial charge in [-0.05, 0) is 51.5 Å². The van der Waals surface area contributed by atoms with Crippen LogP contribution in [0.4, 0.5) is 24.7 Å². The zero-order valence-corrected chi connectivity index (χ0v) is 17.7. The molecule has 31 heavy (non-hydrogen) atoms. The molecular weight excluding hydrogens is 407 g/mol. The number of nitrogens with one attached hydrogen (secondary N) is 1. The molecule has 2 aromatic heterocycles. The molecule has 3 aromatic rings. The van der Waals surface area contributed by atoms with Gasteiger partial charge < -0.3 is 15.3 Å². The number of aliphatic hydroxyl groups is 1. The minimum absolute atomic E-state index is 0.433. The highest BCUT2D eigenvalue weighted by Gasteiger charge is 2.37. The summed E-state index contributed by atoms with van der Waals surface area (Å²) in [5, 5.41) is 22.5. The van der Waals surface area contributed by atoms with E-state index in [9.17, 15) is 18.3 Å². The van der Waals surface area contributed by atoms with Crippen molar-refractivity contribution in [1.82, 2.24) is 15.2 Å². The molecule has 0 radical (unpaired) electrons. The first-order valence-electron chi connectivity index (χ1n) is 10.0. The van der Waals surface area contributed by atoms with Gasteiger partial charge in [0.05, 0.1) is 39.8 Å². The van der Waals surface area contributed by atoms with Crippen LogP contribution in [0.25, 0.3) is 10.9 Å². The standard InChI is InChI=1S/C22H24F3N5O/c1-12(15-6-5-7-16(8-15)22(23,24)25)27-20-17-9-18(30-10-21(4,31)11-30)13(2)26-19(17)14(3)28-29-20/h5-9,12,31H,10-11H2,1-4H3,(H,27,29)/t12-/m1/s1. The number of aromatic nitrogens is 3. The number of rotatable bonds is 4. The van der Waals surface area contributed by atoms with Crippen LogP contribution in [0.2, 0.25) is 0 Å². The fraction of sp³-hybridized carbons (Fsp3) is 0.409. The summed E-state index contributed by atoms with van der Waals surface area (Å²) in [5.41, 5.74) is 2.12. The molecule has 0 saturated carbocycles. The number of nitrogens with zero attached hydrogens (tertiary/aromatic N) is 4. The zero-order valence-electron chi connectivity index (χ0n) is 17.7. The molecule has 1 fully saturated rings. The number of pyridine rings is 1. The lowest BCUT2D eigenvalue weighted by atomic mass is 9.95. The van der Waals surface area contributed by atoms with Crippen LogP contribution < -0.4 is 10.2 Å². The van der Waals surface area contributed by atoms with Crippen molar-refractivity contribution in [2.45, 2.75) is 45.5 Å². The number of halogens is 3. The summed E-state index contributed by atoms with van der Waals surface area (Å²) in [5.74, 6) is 0.451. The van der Waals surface area contributed by atoms with E-state index in [0.717, 1.165) is 28.9 Å². The van der Waals surface area contributed by atoms with Gasteiger partial charge in [0.2, 0.25) is 0 Å². The van der Waals surface area contributed by atoms with Crippen molar-refractivity contribution in [1.29, 1.82) is 0 Å². The lowest BCUT2D eigenvalue weighted by Crippen LogP contribution is -2.60. The predicted octanol–water partition coefficient (Wildman–Crippen LogP) is 4.40. The Labute approximate surface area is 178 Å². The third-order valence-electron chi connectivity index (χ3n) is 5.56. The van der Waals surface area contributed by atoms with E-state index < -0.39 is 23.4 Å². The average molecular weight is 431 g/mol. The number of β-amino-alcohol motifs (C(OH)–C–C–N with tert-alkyl or cyclic N) is 1. The van der Waals surface area contributed by atoms with Crippen LogP contribution in [0.15, 0.2) is 30.3 Å². The summed E-state index contributed by atoms with van der Waals surface area (Å²) < 4.78 is 39.3. The fourth-order valence-corrected chi connectivity index (χ4v) is 3.92. The quantitative estimate of drug-likeness (QED) is 0.638. The van der Waals surface area contributed by atoms with Gasteiger partial charge in [0.15, 0.2) is 5.82 Å². The number of alkyl halides is 3. The molecule has 3 heterocycles. The highest BCUT2D eigenvalue weighted by molar-refractivity contribution is 5.93. The molecule has 6 nitrogen and oxygen atoms in total. The topological polar surface area (TPSA) is 74.2 Å². The van der Waals surface area contributed by atoms with Gasteiger partial charge in [0.25, 0.3) is 0 Å². The van der Waals surface area contributed by atoms with E-state index >= 15 is 0 Å². The van der Waals surface area contributed by atoms with Crippen molar-refractivity contribution < 1.29 is 18.3 Å². The molecule has 0 amide bonds. The van der Waals surface area contributed by atoms with Gasteiger partial charge in [0, 0.05) is 18.5 Å². The van der Waals surface area contributed by atoms with E-state index in [2.05, 4.69) is 15.5 Å². The first-order chi connectivity index (χ1) is 14.4. The number of fused-ring (bicyclic) bond motifs is 1. The van der Waals surface area contributed by atoms with Crippen molar-refractivity contribution in [3.63, 3.8) is 0 Å². The normalized spacial score (nSPS) is 16.8. The Hall–Kier alpha value is -2.94. The second-order valence-electron chi connectivity index (χ2n) is 8.47. The maximum absolute atomic E-state index is 13.1. The van der Waals surface area contributed by atoms with Crippen LogP contribution in [0.1, 0.15) is 42.4 Å². The van der Waals surface area contributed by atoms with Crippen LogP contribution in [0, 0.1) is 13.8 Å². The Bertz CT molecular complexity index is 1140. The van der Waals surface area contributed by atoms with Gasteiger partial charge in [-0.3, -0.25) is 0 Å². The number of hydrogen-bond donors (Lipinski definition) is 2. The van der Waals surface area contributed by atoms with Crippen molar-refractivity contribution in [2.24, 2.45) is 0 Å². The van der Waals surface area contributed by atoms with Gasteiger partial charge in [-0.2, -0.15) is 18.3 Å². The molecule has 1 aromatic carbocycles. The summed E-state index contributed by atoms with van der Waals surface area (Å²) in [6, 6.07) is 6.75. The average Bonchev–Trinajstić information content (AvgIpc) is 2.67. The molecule has 4 rings (SSSR count). The largest absolute Gasteiger partial charge is 0.416 e. The third-order valence-corrected chi connectivity index (χ3v) is 5.56. The van der Waals surface area contributed by atoms with Crippen LogP contribution in [-0.2, 0) is 6.18 Å². The van der Waals surface area contributed by atoms with E-state index in [0.29, 0.717) is 35.7 Å². The number of benzene rings is 1. The fourth-order valence-electron chi connectivity index (χ4n) is 3.92. The molecule has 0 aliphatic carbocycles. The second-order valence-corrected chi connectivity index (χ2v) is 8.47. The molecule has 1 aliphatic heterocycles. The highest BCUT2D eigenvalue weighted by atomic mass is 19.4. The van der Waals surface area contributed by atoms with E-state index in [1.54, 1.807) is 19.9 Å². The van der Waals surface area contributed by atoms with Gasteiger partial charge >= 0.3 is 6.18 Å².